The summed E-state index contributed by atoms with van der Waals surface area (Å²) in [4.78, 5) is 4.01. The highest BCUT2D eigenvalue weighted by Crippen LogP contribution is 2.08. The van der Waals surface area contributed by atoms with Gasteiger partial charge in [-0.05, 0) is 25.3 Å². The minimum Gasteiger partial charge on any atom is -0.265 e. The molecule has 0 aliphatic heterocycles. The summed E-state index contributed by atoms with van der Waals surface area (Å²) in [6, 6.07) is 0. The van der Waals surface area contributed by atoms with Crippen LogP contribution in [0.15, 0.2) is 29.4 Å². The van der Waals surface area contributed by atoms with Crippen LogP contribution in [-0.2, 0) is 0 Å². The van der Waals surface area contributed by atoms with Crippen LogP contribution in [0.1, 0.15) is 46.0 Å². The van der Waals surface area contributed by atoms with Gasteiger partial charge in [-0.1, -0.05) is 38.8 Å². The molecule has 0 radical (unpaired) electrons. The van der Waals surface area contributed by atoms with E-state index in [0.717, 1.165) is 6.42 Å². The first-order valence-electron chi connectivity index (χ1n) is 5.14. The summed E-state index contributed by atoms with van der Waals surface area (Å²) < 4.78 is 0. The number of hydrogen-bond acceptors (Lipinski definition) is 1. The molecule has 0 N–H and O–H groups in total. The van der Waals surface area contributed by atoms with Crippen LogP contribution in [0.5, 0.6) is 0 Å². The Balaban J connectivity index is 3.61. The molecule has 74 valence electrons. The molecule has 1 heteroatoms. The van der Waals surface area contributed by atoms with Crippen LogP contribution in [0.3, 0.4) is 0 Å². The molecule has 0 saturated carbocycles. The van der Waals surface area contributed by atoms with Gasteiger partial charge in [0.25, 0.3) is 0 Å². The summed E-state index contributed by atoms with van der Waals surface area (Å²) in [5.74, 6) is 0. The third kappa shape index (κ3) is 7.51. The third-order valence-corrected chi connectivity index (χ3v) is 2.04. The van der Waals surface area contributed by atoms with Crippen LogP contribution in [0.2, 0.25) is 0 Å². The summed E-state index contributed by atoms with van der Waals surface area (Å²) in [5, 5.41) is 0. The first-order chi connectivity index (χ1) is 6.35. The summed E-state index contributed by atoms with van der Waals surface area (Å²) in [6.45, 7) is 7.84. The van der Waals surface area contributed by atoms with E-state index in [0.29, 0.717) is 0 Å². The second-order valence-electron chi connectivity index (χ2n) is 3.13. The third-order valence-electron chi connectivity index (χ3n) is 2.04. The predicted octanol–water partition coefficient (Wildman–Crippen LogP) is 4.12. The largest absolute Gasteiger partial charge is 0.265 e. The minimum absolute atomic E-state index is 1.15. The van der Waals surface area contributed by atoms with Crippen molar-refractivity contribution in [1.82, 2.24) is 0 Å². The van der Waals surface area contributed by atoms with E-state index in [2.05, 4.69) is 31.5 Å². The molecule has 0 aromatic rings. The van der Waals surface area contributed by atoms with Gasteiger partial charge in [-0.25, -0.2) is 0 Å². The van der Waals surface area contributed by atoms with E-state index in [1.54, 1.807) is 6.20 Å². The van der Waals surface area contributed by atoms with E-state index in [1.165, 1.54) is 31.3 Å². The van der Waals surface area contributed by atoms with Gasteiger partial charge in [0.2, 0.25) is 0 Å². The number of aliphatic imine (C=N–C) groups is 1. The maximum atomic E-state index is 4.01. The molecule has 0 fully saturated rings. The Bertz CT molecular complexity index is 178. The van der Waals surface area contributed by atoms with Crippen LogP contribution >= 0.6 is 0 Å². The second-order valence-corrected chi connectivity index (χ2v) is 3.13. The van der Waals surface area contributed by atoms with E-state index in [4.69, 9.17) is 0 Å². The molecule has 0 spiro atoms. The lowest BCUT2D eigenvalue weighted by atomic mass is 10.1. The lowest BCUT2D eigenvalue weighted by Gasteiger charge is -1.99. The zero-order chi connectivity index (χ0) is 9.94. The smallest absolute Gasteiger partial charge is 0.0296 e. The molecule has 0 atom stereocenters. The highest BCUT2D eigenvalue weighted by atomic mass is 14.7. The highest BCUT2D eigenvalue weighted by Gasteiger charge is 1.92. The maximum absolute atomic E-state index is 4.01. The monoisotopic (exact) mass is 179 g/mol. The fourth-order valence-corrected chi connectivity index (χ4v) is 1.19. The van der Waals surface area contributed by atoms with E-state index >= 15 is 0 Å². The molecule has 0 heterocycles. The average Bonchev–Trinajstić information content (AvgIpc) is 2.17. The van der Waals surface area contributed by atoms with Crippen molar-refractivity contribution in [2.24, 2.45) is 4.99 Å². The Labute approximate surface area is 82.3 Å². The van der Waals surface area contributed by atoms with Gasteiger partial charge in [0.15, 0.2) is 0 Å². The van der Waals surface area contributed by atoms with Crippen LogP contribution in [-0.4, -0.2) is 6.21 Å². The Hall–Kier alpha value is -0.850. The zero-order valence-corrected chi connectivity index (χ0v) is 8.92. The fraction of sp³-hybridized carbons (Fsp3) is 0.583. The Kier molecular flexibility index (Phi) is 8.64. The molecule has 0 aliphatic carbocycles. The molecular formula is C12H21N. The quantitative estimate of drug-likeness (QED) is 0.412. The predicted molar refractivity (Wildman–Crippen MR) is 61.2 cm³/mol. The van der Waals surface area contributed by atoms with Gasteiger partial charge in [0.1, 0.15) is 0 Å². The summed E-state index contributed by atoms with van der Waals surface area (Å²) >= 11 is 0. The van der Waals surface area contributed by atoms with Crippen molar-refractivity contribution in [3.05, 3.63) is 24.4 Å². The standard InChI is InChI=1S/C12H21N/c1-4-7-8-9-10-12(5-2)11-13-6-3/h5-6,11H,3-4,7-10H2,1-2H3/b12-5-,13-11-. The summed E-state index contributed by atoms with van der Waals surface area (Å²) in [7, 11) is 0. The van der Waals surface area contributed by atoms with Gasteiger partial charge in [0, 0.05) is 12.4 Å². The molecule has 0 rings (SSSR count). The van der Waals surface area contributed by atoms with Crippen molar-refractivity contribution >= 4 is 6.21 Å². The molecule has 1 nitrogen and oxygen atoms in total. The Morgan fingerprint density at radius 3 is 2.62 bits per heavy atom. The van der Waals surface area contributed by atoms with Crippen LogP contribution in [0.25, 0.3) is 0 Å². The lowest BCUT2D eigenvalue weighted by Crippen LogP contribution is -1.85. The lowest BCUT2D eigenvalue weighted by molar-refractivity contribution is 0.670. The van der Waals surface area contributed by atoms with Gasteiger partial charge in [-0.15, -0.1) is 0 Å². The highest BCUT2D eigenvalue weighted by molar-refractivity contribution is 5.78. The first kappa shape index (κ1) is 12.2. The summed E-state index contributed by atoms with van der Waals surface area (Å²) in [5.41, 5.74) is 1.32. The van der Waals surface area contributed by atoms with Gasteiger partial charge >= 0.3 is 0 Å². The van der Waals surface area contributed by atoms with Gasteiger partial charge < -0.3 is 0 Å². The van der Waals surface area contributed by atoms with E-state index in [-0.39, 0.29) is 0 Å². The molecule has 0 aromatic heterocycles. The second kappa shape index (κ2) is 9.24. The van der Waals surface area contributed by atoms with Crippen LogP contribution in [0.4, 0.5) is 0 Å². The Morgan fingerprint density at radius 2 is 2.08 bits per heavy atom. The molecule has 0 aliphatic rings. The van der Waals surface area contributed by atoms with Gasteiger partial charge in [0.05, 0.1) is 0 Å². The average molecular weight is 179 g/mol. The summed E-state index contributed by atoms with van der Waals surface area (Å²) in [6.07, 6.45) is 12.0. The topological polar surface area (TPSA) is 12.4 Å². The molecule has 0 unspecified atom stereocenters. The van der Waals surface area contributed by atoms with Crippen molar-refractivity contribution in [3.8, 4) is 0 Å². The Morgan fingerprint density at radius 1 is 1.31 bits per heavy atom. The van der Waals surface area contributed by atoms with E-state index in [1.807, 2.05) is 6.21 Å². The van der Waals surface area contributed by atoms with Gasteiger partial charge in [-0.2, -0.15) is 0 Å². The van der Waals surface area contributed by atoms with Crippen molar-refractivity contribution in [2.45, 2.75) is 46.0 Å². The van der Waals surface area contributed by atoms with Crippen molar-refractivity contribution in [1.29, 1.82) is 0 Å². The number of hydrogen-bond donors (Lipinski definition) is 0. The minimum atomic E-state index is 1.15. The van der Waals surface area contributed by atoms with Gasteiger partial charge in [-0.3, -0.25) is 4.99 Å². The fourth-order valence-electron chi connectivity index (χ4n) is 1.19. The van der Waals surface area contributed by atoms with E-state index < -0.39 is 0 Å². The number of unbranched alkanes of at least 4 members (excludes halogenated alkanes) is 3. The van der Waals surface area contributed by atoms with Crippen molar-refractivity contribution in [3.63, 3.8) is 0 Å². The number of nitrogens with zero attached hydrogens (tertiary/aromatic N) is 1. The zero-order valence-electron chi connectivity index (χ0n) is 8.92. The molecule has 0 saturated heterocycles. The maximum Gasteiger partial charge on any atom is 0.0296 e. The van der Waals surface area contributed by atoms with Crippen molar-refractivity contribution in [2.75, 3.05) is 0 Å². The molecule has 0 amide bonds. The first-order valence-corrected chi connectivity index (χ1v) is 5.14. The molecule has 0 bridgehead atoms. The number of rotatable bonds is 7. The van der Waals surface area contributed by atoms with Crippen LogP contribution in [0, 0.1) is 0 Å². The number of allylic oxidation sites excluding steroid dienone is 2. The SMILES string of the molecule is C=C/N=C\C(=C/C)CCCCCC. The molecular weight excluding hydrogens is 158 g/mol. The molecule has 0 aromatic carbocycles. The van der Waals surface area contributed by atoms with E-state index in [9.17, 15) is 0 Å². The van der Waals surface area contributed by atoms with Crippen molar-refractivity contribution < 1.29 is 0 Å². The van der Waals surface area contributed by atoms with Crippen LogP contribution < -0.4 is 0 Å². The molecule has 13 heavy (non-hydrogen) atoms. The normalized spacial score (nSPS) is 12.3.